The van der Waals surface area contributed by atoms with Gasteiger partial charge in [0.25, 0.3) is 0 Å². The molecule has 0 fully saturated rings. The topological polar surface area (TPSA) is 68.8 Å². The van der Waals surface area contributed by atoms with E-state index in [1.807, 2.05) is 4.68 Å². The summed E-state index contributed by atoms with van der Waals surface area (Å²) >= 11 is 0. The van der Waals surface area contributed by atoms with E-state index >= 15 is 0 Å². The van der Waals surface area contributed by atoms with E-state index < -0.39 is 0 Å². The molecular formula is C15H23N5. The molecule has 2 rings (SSSR count). The lowest BCUT2D eigenvalue weighted by atomic mass is 9.99. The van der Waals surface area contributed by atoms with Gasteiger partial charge in [-0.1, -0.05) is 24.3 Å². The second kappa shape index (κ2) is 6.63. The van der Waals surface area contributed by atoms with Crippen LogP contribution in [0.1, 0.15) is 36.8 Å². The average Bonchev–Trinajstić information content (AvgIpc) is 2.88. The summed E-state index contributed by atoms with van der Waals surface area (Å²) in [6.07, 6.45) is 3.26. The number of nitrogens with two attached hydrogens (primary N) is 1. The van der Waals surface area contributed by atoms with Crippen molar-refractivity contribution in [2.24, 2.45) is 5.84 Å². The Hall–Kier alpha value is -1.72. The van der Waals surface area contributed by atoms with Crippen LogP contribution >= 0.6 is 0 Å². The van der Waals surface area contributed by atoms with Crippen molar-refractivity contribution in [2.75, 3.05) is 0 Å². The molecule has 0 bridgehead atoms. The third kappa shape index (κ3) is 3.43. The fourth-order valence-corrected chi connectivity index (χ4v) is 2.37. The van der Waals surface area contributed by atoms with Crippen molar-refractivity contribution in [2.45, 2.75) is 45.7 Å². The Bertz CT molecular complexity index is 547. The summed E-state index contributed by atoms with van der Waals surface area (Å²) in [5, 5.41) is 4.26. The van der Waals surface area contributed by atoms with Gasteiger partial charge in [-0.15, -0.1) is 0 Å². The van der Waals surface area contributed by atoms with E-state index in [4.69, 9.17) is 5.84 Å². The molecule has 0 saturated heterocycles. The number of hydrogen-bond donors (Lipinski definition) is 2. The van der Waals surface area contributed by atoms with Gasteiger partial charge in [-0.05, 0) is 38.3 Å². The molecule has 2 aromatic rings. The molecule has 0 amide bonds. The minimum Gasteiger partial charge on any atom is -0.271 e. The number of rotatable bonds is 6. The van der Waals surface area contributed by atoms with E-state index in [0.717, 1.165) is 18.7 Å². The zero-order chi connectivity index (χ0) is 14.5. The van der Waals surface area contributed by atoms with Crippen molar-refractivity contribution in [3.8, 4) is 0 Å². The van der Waals surface area contributed by atoms with Gasteiger partial charge in [-0.3, -0.25) is 11.3 Å². The number of hydrazine groups is 1. The molecule has 1 aromatic carbocycles. The first-order valence-electron chi connectivity index (χ1n) is 7.00. The smallest absolute Gasteiger partial charge is 0.138 e. The third-order valence-corrected chi connectivity index (χ3v) is 3.53. The SMILES string of the molecule is Cc1ccccc1CC(Cc1ncnn1C(C)C)NN. The van der Waals surface area contributed by atoms with Crippen LogP contribution in [0.3, 0.4) is 0 Å². The molecule has 5 heteroatoms. The fraction of sp³-hybridized carbons (Fsp3) is 0.467. The third-order valence-electron chi connectivity index (χ3n) is 3.53. The Morgan fingerprint density at radius 3 is 2.65 bits per heavy atom. The highest BCUT2D eigenvalue weighted by Gasteiger charge is 2.15. The van der Waals surface area contributed by atoms with Gasteiger partial charge in [0, 0.05) is 18.5 Å². The Balaban J connectivity index is 2.10. The van der Waals surface area contributed by atoms with Crippen molar-refractivity contribution >= 4 is 0 Å². The maximum absolute atomic E-state index is 5.71. The molecule has 0 aliphatic carbocycles. The van der Waals surface area contributed by atoms with Crippen LogP contribution in [0.4, 0.5) is 0 Å². The Morgan fingerprint density at radius 2 is 2.00 bits per heavy atom. The van der Waals surface area contributed by atoms with Crippen molar-refractivity contribution in [1.82, 2.24) is 20.2 Å². The number of benzene rings is 1. The van der Waals surface area contributed by atoms with Crippen LogP contribution < -0.4 is 11.3 Å². The van der Waals surface area contributed by atoms with E-state index in [1.54, 1.807) is 6.33 Å². The minimum absolute atomic E-state index is 0.151. The first kappa shape index (κ1) is 14.7. The summed E-state index contributed by atoms with van der Waals surface area (Å²) in [7, 11) is 0. The summed E-state index contributed by atoms with van der Waals surface area (Å²) < 4.78 is 1.95. The normalized spacial score (nSPS) is 12.8. The van der Waals surface area contributed by atoms with E-state index in [1.165, 1.54) is 11.1 Å². The first-order chi connectivity index (χ1) is 9.61. The number of hydrogen-bond acceptors (Lipinski definition) is 4. The van der Waals surface area contributed by atoms with Gasteiger partial charge in [0.1, 0.15) is 12.2 Å². The lowest BCUT2D eigenvalue weighted by Crippen LogP contribution is -2.39. The van der Waals surface area contributed by atoms with Crippen LogP contribution in [-0.2, 0) is 12.8 Å². The van der Waals surface area contributed by atoms with E-state index in [-0.39, 0.29) is 6.04 Å². The monoisotopic (exact) mass is 273 g/mol. The molecule has 0 aliphatic rings. The highest BCUT2D eigenvalue weighted by molar-refractivity contribution is 5.26. The molecule has 3 N–H and O–H groups in total. The molecule has 0 spiro atoms. The average molecular weight is 273 g/mol. The molecule has 1 aromatic heterocycles. The summed E-state index contributed by atoms with van der Waals surface area (Å²) in [5.41, 5.74) is 5.50. The Labute approximate surface area is 120 Å². The molecule has 20 heavy (non-hydrogen) atoms. The molecule has 108 valence electrons. The highest BCUT2D eigenvalue weighted by atomic mass is 15.3. The van der Waals surface area contributed by atoms with Gasteiger partial charge in [-0.2, -0.15) is 5.10 Å². The van der Waals surface area contributed by atoms with Gasteiger partial charge in [0.05, 0.1) is 0 Å². The summed E-state index contributed by atoms with van der Waals surface area (Å²) in [4.78, 5) is 4.35. The van der Waals surface area contributed by atoms with Gasteiger partial charge in [0.2, 0.25) is 0 Å². The lowest BCUT2D eigenvalue weighted by Gasteiger charge is -2.18. The Kier molecular flexibility index (Phi) is 4.87. The maximum Gasteiger partial charge on any atom is 0.138 e. The van der Waals surface area contributed by atoms with Crippen LogP contribution in [0, 0.1) is 6.92 Å². The van der Waals surface area contributed by atoms with Gasteiger partial charge < -0.3 is 0 Å². The van der Waals surface area contributed by atoms with Crippen LogP contribution in [0.15, 0.2) is 30.6 Å². The number of aromatic nitrogens is 3. The quantitative estimate of drug-likeness (QED) is 0.622. The predicted octanol–water partition coefficient (Wildman–Crippen LogP) is 1.78. The summed E-state index contributed by atoms with van der Waals surface area (Å²) in [6.45, 7) is 6.33. The van der Waals surface area contributed by atoms with Crippen molar-refractivity contribution in [3.63, 3.8) is 0 Å². The molecule has 1 unspecified atom stereocenters. The summed E-state index contributed by atoms with van der Waals surface area (Å²) in [6, 6.07) is 8.85. The number of aryl methyl sites for hydroxylation is 1. The first-order valence-corrected chi connectivity index (χ1v) is 7.00. The van der Waals surface area contributed by atoms with Gasteiger partial charge in [-0.25, -0.2) is 9.67 Å². The van der Waals surface area contributed by atoms with E-state index in [0.29, 0.717) is 6.04 Å². The second-order valence-corrected chi connectivity index (χ2v) is 5.41. The Morgan fingerprint density at radius 1 is 1.25 bits per heavy atom. The molecule has 1 heterocycles. The van der Waals surface area contributed by atoms with Crippen LogP contribution in [0.5, 0.6) is 0 Å². The van der Waals surface area contributed by atoms with Gasteiger partial charge >= 0.3 is 0 Å². The molecule has 0 saturated carbocycles. The van der Waals surface area contributed by atoms with Crippen LogP contribution in [0.25, 0.3) is 0 Å². The standard InChI is InChI=1S/C15H23N5/c1-11(2)20-15(17-10-18-20)9-14(19-16)8-13-7-5-4-6-12(13)3/h4-7,10-11,14,19H,8-9,16H2,1-3H3. The van der Waals surface area contributed by atoms with E-state index in [9.17, 15) is 0 Å². The molecule has 0 aliphatic heterocycles. The molecule has 0 radical (unpaired) electrons. The highest BCUT2D eigenvalue weighted by Crippen LogP contribution is 2.13. The van der Waals surface area contributed by atoms with Crippen molar-refractivity contribution in [3.05, 3.63) is 47.5 Å². The van der Waals surface area contributed by atoms with E-state index in [2.05, 4.69) is 60.5 Å². The maximum atomic E-state index is 5.71. The fourth-order valence-electron chi connectivity index (χ4n) is 2.37. The van der Waals surface area contributed by atoms with Crippen molar-refractivity contribution in [1.29, 1.82) is 0 Å². The number of nitrogens with zero attached hydrogens (tertiary/aromatic N) is 3. The number of nitrogens with one attached hydrogen (secondary N) is 1. The second-order valence-electron chi connectivity index (χ2n) is 5.41. The van der Waals surface area contributed by atoms with Crippen LogP contribution in [-0.4, -0.2) is 20.8 Å². The minimum atomic E-state index is 0.151. The largest absolute Gasteiger partial charge is 0.271 e. The molecule has 5 nitrogen and oxygen atoms in total. The van der Waals surface area contributed by atoms with Gasteiger partial charge in [0.15, 0.2) is 0 Å². The summed E-state index contributed by atoms with van der Waals surface area (Å²) in [5.74, 6) is 6.68. The predicted molar refractivity (Wildman–Crippen MR) is 80.1 cm³/mol. The zero-order valence-electron chi connectivity index (χ0n) is 12.4. The van der Waals surface area contributed by atoms with Crippen molar-refractivity contribution < 1.29 is 0 Å². The molecular weight excluding hydrogens is 250 g/mol. The van der Waals surface area contributed by atoms with Crippen LogP contribution in [0.2, 0.25) is 0 Å². The molecule has 1 atom stereocenters. The lowest BCUT2D eigenvalue weighted by molar-refractivity contribution is 0.458. The zero-order valence-corrected chi connectivity index (χ0v) is 12.4.